The number of nitro groups is 1. The second-order valence-corrected chi connectivity index (χ2v) is 2.58. The Morgan fingerprint density at radius 1 is 1.42 bits per heavy atom. The highest BCUT2D eigenvalue weighted by Crippen LogP contribution is 2.01. The molecule has 4 heteroatoms. The minimum absolute atomic E-state index is 0.271. The van der Waals surface area contributed by atoms with Gasteiger partial charge in [0.2, 0.25) is 0 Å². The van der Waals surface area contributed by atoms with Crippen LogP contribution in [0.3, 0.4) is 0 Å². The maximum absolute atomic E-state index is 9.93. The first-order valence-corrected chi connectivity index (χ1v) is 3.62. The van der Waals surface area contributed by atoms with Gasteiger partial charge in [-0.1, -0.05) is 29.8 Å². The van der Waals surface area contributed by atoms with E-state index in [2.05, 4.69) is 5.43 Å². The van der Waals surface area contributed by atoms with E-state index >= 15 is 0 Å². The van der Waals surface area contributed by atoms with Crippen molar-refractivity contribution in [2.24, 2.45) is 0 Å². The van der Waals surface area contributed by atoms with Crippen LogP contribution in [-0.2, 0) is 6.54 Å². The van der Waals surface area contributed by atoms with Gasteiger partial charge in [-0.15, -0.1) is 5.43 Å². The van der Waals surface area contributed by atoms with Crippen LogP contribution in [0.15, 0.2) is 24.3 Å². The molecule has 0 aromatic heterocycles. The lowest BCUT2D eigenvalue weighted by molar-refractivity contribution is -0.546. The minimum Gasteiger partial charge on any atom is -0.235 e. The molecule has 1 rings (SSSR count). The van der Waals surface area contributed by atoms with E-state index in [4.69, 9.17) is 0 Å². The van der Waals surface area contributed by atoms with E-state index in [-0.39, 0.29) is 6.54 Å². The van der Waals surface area contributed by atoms with E-state index in [1.54, 1.807) is 0 Å². The zero-order chi connectivity index (χ0) is 8.97. The van der Waals surface area contributed by atoms with Crippen molar-refractivity contribution in [3.05, 3.63) is 45.5 Å². The predicted molar refractivity (Wildman–Crippen MR) is 45.0 cm³/mol. The highest BCUT2D eigenvalue weighted by Gasteiger charge is 1.95. The van der Waals surface area contributed by atoms with Crippen LogP contribution in [0.1, 0.15) is 11.1 Å². The standard InChI is InChI=1S/C8H10N2O2/c1-7-2-4-8(5-3-7)6-9-10(11)12/h2-5,9H,6H2,1H3. The van der Waals surface area contributed by atoms with Gasteiger partial charge < -0.3 is 0 Å². The number of benzene rings is 1. The first-order chi connectivity index (χ1) is 5.68. The van der Waals surface area contributed by atoms with Crippen molar-refractivity contribution in [3.8, 4) is 0 Å². The third-order valence-corrected chi connectivity index (χ3v) is 1.53. The van der Waals surface area contributed by atoms with Gasteiger partial charge >= 0.3 is 0 Å². The maximum Gasteiger partial charge on any atom is 0.157 e. The maximum atomic E-state index is 9.93. The average Bonchev–Trinajstić information content (AvgIpc) is 2.03. The number of hydrogen-bond acceptors (Lipinski definition) is 2. The summed E-state index contributed by atoms with van der Waals surface area (Å²) in [6, 6.07) is 7.59. The smallest absolute Gasteiger partial charge is 0.157 e. The molecular formula is C8H10N2O2. The summed E-state index contributed by atoms with van der Waals surface area (Å²) < 4.78 is 0. The molecule has 0 saturated heterocycles. The highest BCUT2D eigenvalue weighted by atomic mass is 16.7. The summed E-state index contributed by atoms with van der Waals surface area (Å²) >= 11 is 0. The fraction of sp³-hybridized carbons (Fsp3) is 0.250. The number of rotatable bonds is 3. The summed E-state index contributed by atoms with van der Waals surface area (Å²) in [7, 11) is 0. The van der Waals surface area contributed by atoms with Crippen LogP contribution in [-0.4, -0.2) is 5.03 Å². The van der Waals surface area contributed by atoms with Gasteiger partial charge in [0.05, 0.1) is 0 Å². The van der Waals surface area contributed by atoms with E-state index in [1.165, 1.54) is 0 Å². The fourth-order valence-electron chi connectivity index (χ4n) is 0.862. The van der Waals surface area contributed by atoms with Gasteiger partial charge in [-0.3, -0.25) is 0 Å². The molecule has 0 aliphatic heterocycles. The summed E-state index contributed by atoms with van der Waals surface area (Å²) in [4.78, 5) is 9.93. The molecule has 0 aliphatic carbocycles. The number of nitrogens with one attached hydrogen (secondary N) is 1. The Kier molecular flexibility index (Phi) is 2.63. The van der Waals surface area contributed by atoms with Crippen LogP contribution in [0.4, 0.5) is 0 Å². The lowest BCUT2D eigenvalue weighted by Crippen LogP contribution is -2.20. The molecule has 0 heterocycles. The van der Waals surface area contributed by atoms with Crippen molar-refractivity contribution in [1.29, 1.82) is 0 Å². The molecule has 1 aromatic rings. The molecule has 0 spiro atoms. The number of aryl methyl sites for hydroxylation is 1. The van der Waals surface area contributed by atoms with Crippen LogP contribution < -0.4 is 5.43 Å². The van der Waals surface area contributed by atoms with Crippen LogP contribution in [0.2, 0.25) is 0 Å². The number of nitrogens with zero attached hydrogens (tertiary/aromatic N) is 1. The predicted octanol–water partition coefficient (Wildman–Crippen LogP) is 1.28. The molecule has 64 valence electrons. The van der Waals surface area contributed by atoms with E-state index in [0.29, 0.717) is 0 Å². The zero-order valence-electron chi connectivity index (χ0n) is 6.78. The van der Waals surface area contributed by atoms with Crippen LogP contribution in [0, 0.1) is 17.0 Å². The van der Waals surface area contributed by atoms with Gasteiger partial charge in [-0.25, -0.2) is 10.1 Å². The summed E-state index contributed by atoms with van der Waals surface area (Å²) in [5, 5.41) is 9.39. The summed E-state index contributed by atoms with van der Waals surface area (Å²) in [5.74, 6) is 0. The Morgan fingerprint density at radius 2 is 2.00 bits per heavy atom. The molecule has 1 N–H and O–H groups in total. The number of hydrazine groups is 1. The van der Waals surface area contributed by atoms with Gasteiger partial charge in [0, 0.05) is 0 Å². The quantitative estimate of drug-likeness (QED) is 0.543. The Hall–Kier alpha value is -1.58. The minimum atomic E-state index is -0.542. The summed E-state index contributed by atoms with van der Waals surface area (Å²) in [6.45, 7) is 2.25. The second kappa shape index (κ2) is 3.71. The van der Waals surface area contributed by atoms with E-state index in [1.807, 2.05) is 31.2 Å². The summed E-state index contributed by atoms with van der Waals surface area (Å²) in [6.07, 6.45) is 0. The van der Waals surface area contributed by atoms with E-state index < -0.39 is 5.03 Å². The fourth-order valence-corrected chi connectivity index (χ4v) is 0.862. The van der Waals surface area contributed by atoms with Crippen LogP contribution in [0.25, 0.3) is 0 Å². The van der Waals surface area contributed by atoms with Gasteiger partial charge in [0.15, 0.2) is 5.03 Å². The Bertz CT molecular complexity index is 269. The largest absolute Gasteiger partial charge is 0.235 e. The second-order valence-electron chi connectivity index (χ2n) is 2.58. The Balaban J connectivity index is 2.53. The lowest BCUT2D eigenvalue weighted by Gasteiger charge is -1.98. The van der Waals surface area contributed by atoms with Crippen molar-refractivity contribution >= 4 is 0 Å². The highest BCUT2D eigenvalue weighted by molar-refractivity contribution is 5.20. The third-order valence-electron chi connectivity index (χ3n) is 1.53. The molecule has 12 heavy (non-hydrogen) atoms. The Labute approximate surface area is 70.3 Å². The van der Waals surface area contributed by atoms with E-state index in [0.717, 1.165) is 11.1 Å². The van der Waals surface area contributed by atoms with Crippen molar-refractivity contribution in [3.63, 3.8) is 0 Å². The molecule has 0 bridgehead atoms. The van der Waals surface area contributed by atoms with Gasteiger partial charge in [0.25, 0.3) is 0 Å². The van der Waals surface area contributed by atoms with Crippen LogP contribution >= 0.6 is 0 Å². The molecule has 0 fully saturated rings. The topological polar surface area (TPSA) is 55.2 Å². The molecule has 0 saturated carbocycles. The van der Waals surface area contributed by atoms with Gasteiger partial charge in [-0.05, 0) is 12.5 Å². The molecule has 0 aliphatic rings. The summed E-state index contributed by atoms with van der Waals surface area (Å²) in [5.41, 5.74) is 4.17. The van der Waals surface area contributed by atoms with Crippen molar-refractivity contribution in [2.75, 3.05) is 0 Å². The Morgan fingerprint density at radius 3 is 2.50 bits per heavy atom. The molecule has 1 aromatic carbocycles. The molecule has 0 atom stereocenters. The first kappa shape index (κ1) is 8.52. The van der Waals surface area contributed by atoms with Crippen molar-refractivity contribution < 1.29 is 5.03 Å². The third kappa shape index (κ3) is 2.57. The first-order valence-electron chi connectivity index (χ1n) is 3.62. The normalized spacial score (nSPS) is 9.42. The monoisotopic (exact) mass is 166 g/mol. The number of hydrogen-bond donors (Lipinski definition) is 1. The molecular weight excluding hydrogens is 156 g/mol. The molecule has 0 amide bonds. The van der Waals surface area contributed by atoms with Gasteiger partial charge in [-0.2, -0.15) is 0 Å². The lowest BCUT2D eigenvalue weighted by atomic mass is 10.1. The zero-order valence-corrected chi connectivity index (χ0v) is 6.78. The SMILES string of the molecule is Cc1ccc(CN[N+](=O)[O-])cc1. The van der Waals surface area contributed by atoms with Gasteiger partial charge in [0.1, 0.15) is 6.54 Å². The average molecular weight is 166 g/mol. The van der Waals surface area contributed by atoms with E-state index in [9.17, 15) is 10.1 Å². The molecule has 0 unspecified atom stereocenters. The van der Waals surface area contributed by atoms with Crippen molar-refractivity contribution in [1.82, 2.24) is 5.43 Å². The van der Waals surface area contributed by atoms with Crippen LogP contribution in [0.5, 0.6) is 0 Å². The molecule has 4 nitrogen and oxygen atoms in total. The molecule has 0 radical (unpaired) electrons. The van der Waals surface area contributed by atoms with Crippen molar-refractivity contribution in [2.45, 2.75) is 13.5 Å².